The molecular formula is C27H18N4. The zero-order chi connectivity index (χ0) is 20.4. The van der Waals surface area contributed by atoms with Crippen LogP contribution in [0.1, 0.15) is 11.1 Å². The third kappa shape index (κ3) is 2.42. The fourth-order valence-electron chi connectivity index (χ4n) is 4.82. The molecule has 0 fully saturated rings. The molecule has 0 bridgehead atoms. The molecule has 4 nitrogen and oxygen atoms in total. The number of pyridine rings is 2. The predicted molar refractivity (Wildman–Crippen MR) is 123 cm³/mol. The Kier molecular flexibility index (Phi) is 3.30. The molecule has 1 aliphatic rings. The first-order valence-corrected chi connectivity index (χ1v) is 10.5. The maximum absolute atomic E-state index is 4.55. The van der Waals surface area contributed by atoms with Crippen LogP contribution in [0.2, 0.25) is 0 Å². The average molecular weight is 398 g/mol. The summed E-state index contributed by atoms with van der Waals surface area (Å²) in [6, 6.07) is 25.8. The van der Waals surface area contributed by atoms with Crippen molar-refractivity contribution in [3.8, 4) is 33.6 Å². The van der Waals surface area contributed by atoms with E-state index in [0.717, 1.165) is 29.1 Å². The molecule has 0 saturated heterocycles. The lowest BCUT2D eigenvalue weighted by Gasteiger charge is -2.06. The number of rotatable bonds is 2. The summed E-state index contributed by atoms with van der Waals surface area (Å²) in [6.07, 6.45) is 9.01. The van der Waals surface area contributed by atoms with Gasteiger partial charge in [-0.15, -0.1) is 0 Å². The Morgan fingerprint density at radius 1 is 0.581 bits per heavy atom. The molecule has 31 heavy (non-hydrogen) atoms. The first kappa shape index (κ1) is 16.6. The zero-order valence-electron chi connectivity index (χ0n) is 16.7. The van der Waals surface area contributed by atoms with Gasteiger partial charge in [-0.2, -0.15) is 0 Å². The Bertz CT molecular complexity index is 1500. The van der Waals surface area contributed by atoms with Crippen LogP contribution in [-0.4, -0.2) is 18.8 Å². The lowest BCUT2D eigenvalue weighted by Crippen LogP contribution is -1.89. The molecule has 0 saturated carbocycles. The molecule has 146 valence electrons. The van der Waals surface area contributed by atoms with Gasteiger partial charge in [-0.05, 0) is 65.1 Å². The van der Waals surface area contributed by atoms with E-state index in [1.54, 1.807) is 0 Å². The summed E-state index contributed by atoms with van der Waals surface area (Å²) < 4.78 is 4.29. The van der Waals surface area contributed by atoms with Crippen molar-refractivity contribution in [1.29, 1.82) is 0 Å². The summed E-state index contributed by atoms with van der Waals surface area (Å²) in [4.78, 5) is 9.10. The molecule has 0 amide bonds. The Labute approximate surface area is 179 Å². The van der Waals surface area contributed by atoms with Crippen molar-refractivity contribution in [3.05, 3.63) is 109 Å². The summed E-state index contributed by atoms with van der Waals surface area (Å²) in [6.45, 7) is 0. The number of nitrogens with zero attached hydrogens (tertiary/aromatic N) is 4. The van der Waals surface area contributed by atoms with Crippen LogP contribution in [0.4, 0.5) is 0 Å². The van der Waals surface area contributed by atoms with Crippen molar-refractivity contribution in [2.75, 3.05) is 0 Å². The maximum atomic E-state index is 4.55. The Morgan fingerprint density at radius 3 is 1.61 bits per heavy atom. The third-order valence-electron chi connectivity index (χ3n) is 6.31. The first-order chi connectivity index (χ1) is 15.3. The van der Waals surface area contributed by atoms with Gasteiger partial charge in [0.2, 0.25) is 0 Å². The molecule has 6 aromatic rings. The second-order valence-electron chi connectivity index (χ2n) is 8.07. The van der Waals surface area contributed by atoms with E-state index in [9.17, 15) is 0 Å². The SMILES string of the molecule is c1ccn2c(-c3ccc4c(c3)Cc3cc(-c5cnc6ccccn56)ccc3-4)cnc2c1. The number of benzene rings is 2. The monoisotopic (exact) mass is 398 g/mol. The molecule has 0 N–H and O–H groups in total. The van der Waals surface area contributed by atoms with Crippen LogP contribution >= 0.6 is 0 Å². The van der Waals surface area contributed by atoms with Crippen LogP contribution in [0.5, 0.6) is 0 Å². The second kappa shape index (κ2) is 6.16. The molecule has 2 aromatic carbocycles. The Balaban J connectivity index is 1.30. The van der Waals surface area contributed by atoms with E-state index in [1.807, 2.05) is 48.8 Å². The van der Waals surface area contributed by atoms with E-state index in [-0.39, 0.29) is 0 Å². The molecule has 1 aliphatic carbocycles. The van der Waals surface area contributed by atoms with Gasteiger partial charge in [-0.1, -0.05) is 36.4 Å². The molecule has 0 spiro atoms. The predicted octanol–water partition coefficient (Wildman–Crippen LogP) is 5.89. The lowest BCUT2D eigenvalue weighted by atomic mass is 10.0. The summed E-state index contributed by atoms with van der Waals surface area (Å²) in [7, 11) is 0. The normalized spacial score (nSPS) is 12.4. The molecule has 0 atom stereocenters. The zero-order valence-corrected chi connectivity index (χ0v) is 16.7. The van der Waals surface area contributed by atoms with Crippen molar-refractivity contribution in [1.82, 2.24) is 18.8 Å². The number of hydrogen-bond donors (Lipinski definition) is 0. The van der Waals surface area contributed by atoms with Crippen molar-refractivity contribution in [2.45, 2.75) is 6.42 Å². The summed E-state index contributed by atoms with van der Waals surface area (Å²) in [5.74, 6) is 0. The fourth-order valence-corrected chi connectivity index (χ4v) is 4.82. The van der Waals surface area contributed by atoms with Gasteiger partial charge in [0.15, 0.2) is 0 Å². The molecule has 4 aromatic heterocycles. The highest BCUT2D eigenvalue weighted by Gasteiger charge is 2.20. The van der Waals surface area contributed by atoms with E-state index in [2.05, 4.69) is 67.6 Å². The fraction of sp³-hybridized carbons (Fsp3) is 0.0370. The quantitative estimate of drug-likeness (QED) is 0.364. The highest BCUT2D eigenvalue weighted by molar-refractivity contribution is 5.82. The molecule has 7 rings (SSSR count). The van der Waals surface area contributed by atoms with Crippen LogP contribution in [0.25, 0.3) is 44.9 Å². The average Bonchev–Trinajstić information content (AvgIpc) is 3.52. The van der Waals surface area contributed by atoms with Crippen molar-refractivity contribution in [3.63, 3.8) is 0 Å². The van der Waals surface area contributed by atoms with Crippen molar-refractivity contribution < 1.29 is 0 Å². The topological polar surface area (TPSA) is 34.6 Å². The van der Waals surface area contributed by atoms with Crippen molar-refractivity contribution >= 4 is 11.3 Å². The largest absolute Gasteiger partial charge is 0.300 e. The molecule has 4 heterocycles. The molecule has 0 aliphatic heterocycles. The van der Waals surface area contributed by atoms with Gasteiger partial charge in [-0.25, -0.2) is 9.97 Å². The lowest BCUT2D eigenvalue weighted by molar-refractivity contribution is 1.18. The number of aromatic nitrogens is 4. The van der Waals surface area contributed by atoms with E-state index >= 15 is 0 Å². The van der Waals surface area contributed by atoms with Gasteiger partial charge in [0.1, 0.15) is 11.3 Å². The van der Waals surface area contributed by atoms with Gasteiger partial charge in [0.25, 0.3) is 0 Å². The van der Waals surface area contributed by atoms with Crippen molar-refractivity contribution in [2.24, 2.45) is 0 Å². The Hall–Kier alpha value is -4.18. The number of imidazole rings is 2. The highest BCUT2D eigenvalue weighted by Crippen LogP contribution is 2.40. The molecular weight excluding hydrogens is 380 g/mol. The van der Waals surface area contributed by atoms with Gasteiger partial charge in [-0.3, -0.25) is 8.80 Å². The van der Waals surface area contributed by atoms with Crippen LogP contribution in [0, 0.1) is 0 Å². The van der Waals surface area contributed by atoms with Gasteiger partial charge < -0.3 is 0 Å². The summed E-state index contributed by atoms with van der Waals surface area (Å²) in [5, 5.41) is 0. The summed E-state index contributed by atoms with van der Waals surface area (Å²) >= 11 is 0. The van der Waals surface area contributed by atoms with Crippen LogP contribution in [-0.2, 0) is 6.42 Å². The standard InChI is InChI=1S/C27H18N4/c1-3-11-30-24(16-28-26(30)5-1)18-7-9-22-20(13-18)15-21-14-19(8-10-23(21)22)25-17-29-27-6-2-4-12-31(25)27/h1-14,16-17H,15H2. The minimum atomic E-state index is 0.944. The van der Waals surface area contributed by atoms with E-state index in [0.29, 0.717) is 0 Å². The third-order valence-corrected chi connectivity index (χ3v) is 6.31. The second-order valence-corrected chi connectivity index (χ2v) is 8.07. The van der Waals surface area contributed by atoms with Crippen LogP contribution in [0.3, 0.4) is 0 Å². The van der Waals surface area contributed by atoms with Gasteiger partial charge >= 0.3 is 0 Å². The van der Waals surface area contributed by atoms with Gasteiger partial charge in [0, 0.05) is 23.5 Å². The Morgan fingerprint density at radius 2 is 1.10 bits per heavy atom. The summed E-state index contributed by atoms with van der Waals surface area (Å²) in [5.41, 5.74) is 12.0. The highest BCUT2D eigenvalue weighted by atomic mass is 15.0. The minimum Gasteiger partial charge on any atom is -0.300 e. The number of hydrogen-bond acceptors (Lipinski definition) is 2. The first-order valence-electron chi connectivity index (χ1n) is 10.5. The van der Waals surface area contributed by atoms with Gasteiger partial charge in [0.05, 0.1) is 23.8 Å². The number of fused-ring (bicyclic) bond motifs is 5. The van der Waals surface area contributed by atoms with E-state index in [4.69, 9.17) is 0 Å². The smallest absolute Gasteiger partial charge is 0.137 e. The van der Waals surface area contributed by atoms with E-state index < -0.39 is 0 Å². The maximum Gasteiger partial charge on any atom is 0.137 e. The molecule has 0 unspecified atom stereocenters. The minimum absolute atomic E-state index is 0.944. The van der Waals surface area contributed by atoms with E-state index in [1.165, 1.54) is 33.4 Å². The van der Waals surface area contributed by atoms with Crippen LogP contribution in [0.15, 0.2) is 97.6 Å². The van der Waals surface area contributed by atoms with Crippen LogP contribution < -0.4 is 0 Å². The molecule has 0 radical (unpaired) electrons. The molecule has 4 heteroatoms.